The van der Waals surface area contributed by atoms with Crippen molar-refractivity contribution in [3.63, 3.8) is 0 Å². The maximum absolute atomic E-state index is 13.4. The molecule has 1 aromatic heterocycles. The molecule has 0 saturated heterocycles. The van der Waals surface area contributed by atoms with Crippen molar-refractivity contribution in [3.05, 3.63) is 95.6 Å². The van der Waals surface area contributed by atoms with Crippen LogP contribution in [-0.2, 0) is 18.9 Å². The van der Waals surface area contributed by atoms with Crippen molar-refractivity contribution in [1.29, 1.82) is 0 Å². The van der Waals surface area contributed by atoms with Gasteiger partial charge in [0.05, 0.1) is 57.5 Å². The number of hydrogen-bond acceptors (Lipinski definition) is 7. The van der Waals surface area contributed by atoms with Crippen molar-refractivity contribution >= 4 is 23.2 Å². The van der Waals surface area contributed by atoms with Gasteiger partial charge in [-0.2, -0.15) is 5.10 Å². The monoisotopic (exact) mass is 607 g/mol. The average molecular weight is 608 g/mol. The normalized spacial score (nSPS) is 11.0. The molecule has 0 aliphatic heterocycles. The van der Waals surface area contributed by atoms with Gasteiger partial charge in [-0.05, 0) is 55.0 Å². The number of amides is 1. The Morgan fingerprint density at radius 2 is 1.33 bits per heavy atom. The summed E-state index contributed by atoms with van der Waals surface area (Å²) < 4.78 is 29.3. The number of benzene rings is 3. The maximum atomic E-state index is 13.4. The Morgan fingerprint density at radius 3 is 1.93 bits per heavy atom. The quantitative estimate of drug-likeness (QED) is 0.125. The third kappa shape index (κ3) is 10.8. The summed E-state index contributed by atoms with van der Waals surface area (Å²) in [5.41, 5.74) is 3.28. The van der Waals surface area contributed by atoms with E-state index >= 15 is 0 Å². The molecule has 0 spiro atoms. The number of aromatic nitrogens is 2. The van der Waals surface area contributed by atoms with Crippen LogP contribution in [-0.4, -0.2) is 75.1 Å². The predicted molar refractivity (Wildman–Crippen MR) is 167 cm³/mol. The van der Waals surface area contributed by atoms with Crippen LogP contribution in [0.2, 0.25) is 5.02 Å². The smallest absolute Gasteiger partial charge is 0.259 e. The largest absolute Gasteiger partial charge is 0.491 e. The first-order valence-corrected chi connectivity index (χ1v) is 14.8. The van der Waals surface area contributed by atoms with E-state index in [9.17, 15) is 4.79 Å². The fourth-order valence-corrected chi connectivity index (χ4v) is 4.16. The highest BCUT2D eigenvalue weighted by Gasteiger charge is 2.19. The lowest BCUT2D eigenvalue weighted by Gasteiger charge is -2.09. The van der Waals surface area contributed by atoms with Gasteiger partial charge in [-0.3, -0.25) is 4.79 Å². The highest BCUT2D eigenvalue weighted by atomic mass is 35.5. The summed E-state index contributed by atoms with van der Waals surface area (Å²) in [5.74, 6) is 0.403. The minimum atomic E-state index is -0.274. The third-order valence-corrected chi connectivity index (χ3v) is 6.42. The van der Waals surface area contributed by atoms with E-state index in [1.807, 2.05) is 42.5 Å². The lowest BCUT2D eigenvalue weighted by Crippen LogP contribution is -2.14. The molecule has 0 radical (unpaired) electrons. The number of para-hydroxylation sites is 1. The number of nitrogens with zero attached hydrogens (tertiary/aromatic N) is 2. The molecule has 43 heavy (non-hydrogen) atoms. The molecule has 0 bridgehead atoms. The van der Waals surface area contributed by atoms with E-state index < -0.39 is 0 Å². The van der Waals surface area contributed by atoms with Crippen LogP contribution in [0.4, 0.5) is 5.69 Å². The summed E-state index contributed by atoms with van der Waals surface area (Å²) in [5, 5.41) is 8.29. The van der Waals surface area contributed by atoms with E-state index in [1.54, 1.807) is 47.3 Å². The molecule has 0 aliphatic rings. The van der Waals surface area contributed by atoms with E-state index in [2.05, 4.69) is 12.2 Å². The van der Waals surface area contributed by atoms with Gasteiger partial charge in [0.1, 0.15) is 18.1 Å². The highest BCUT2D eigenvalue weighted by molar-refractivity contribution is 6.30. The van der Waals surface area contributed by atoms with Crippen LogP contribution in [0.5, 0.6) is 5.75 Å². The molecule has 0 fully saturated rings. The van der Waals surface area contributed by atoms with E-state index in [1.165, 1.54) is 0 Å². The zero-order valence-electron chi connectivity index (χ0n) is 24.4. The summed E-state index contributed by atoms with van der Waals surface area (Å²) in [6.45, 7) is 6.90. The minimum Gasteiger partial charge on any atom is -0.491 e. The molecule has 9 nitrogen and oxygen atoms in total. The second-order valence-electron chi connectivity index (χ2n) is 9.45. The van der Waals surface area contributed by atoms with Crippen molar-refractivity contribution in [1.82, 2.24) is 9.78 Å². The molecule has 228 valence electrons. The van der Waals surface area contributed by atoms with Crippen LogP contribution in [0, 0.1) is 0 Å². The Bertz CT molecular complexity index is 1360. The molecule has 0 unspecified atom stereocenters. The van der Waals surface area contributed by atoms with Gasteiger partial charge < -0.3 is 29.0 Å². The molecular weight excluding hydrogens is 570 g/mol. The average Bonchev–Trinajstić information content (AvgIpc) is 3.49. The lowest BCUT2D eigenvalue weighted by atomic mass is 10.1. The zero-order valence-corrected chi connectivity index (χ0v) is 25.1. The van der Waals surface area contributed by atoms with Crippen LogP contribution < -0.4 is 10.1 Å². The fourth-order valence-electron chi connectivity index (χ4n) is 4.03. The summed E-state index contributed by atoms with van der Waals surface area (Å²) in [4.78, 5) is 13.4. The topological polar surface area (TPSA) is 93.1 Å². The molecule has 0 atom stereocenters. The summed E-state index contributed by atoms with van der Waals surface area (Å²) in [6, 6.07) is 24.1. The Kier molecular flexibility index (Phi) is 13.5. The van der Waals surface area contributed by atoms with Crippen LogP contribution in [0.15, 0.2) is 85.1 Å². The Labute approximate surface area is 257 Å². The summed E-state index contributed by atoms with van der Waals surface area (Å²) >= 11 is 6.08. The molecule has 1 amide bonds. The lowest BCUT2D eigenvalue weighted by molar-refractivity contribution is -0.00450. The van der Waals surface area contributed by atoms with Crippen molar-refractivity contribution in [2.45, 2.75) is 13.3 Å². The number of anilines is 1. The van der Waals surface area contributed by atoms with Gasteiger partial charge in [-0.15, -0.1) is 0 Å². The first-order chi connectivity index (χ1) is 21.1. The molecule has 4 aromatic rings. The van der Waals surface area contributed by atoms with Gasteiger partial charge in [0.2, 0.25) is 0 Å². The Hall–Kier alpha value is -3.73. The molecular formula is C33H38ClN3O6. The standard InChI is InChI=1S/C33H38ClN3O6/c1-2-16-39-17-18-40-19-20-41-21-22-42-23-24-43-30-14-12-28(13-15-30)35-33(38)31-25-37(29-6-4-3-5-7-29)36-32(31)26-8-10-27(34)11-9-26/h3-15,25H,2,16-24H2,1H3,(H,35,38). The van der Waals surface area contributed by atoms with Gasteiger partial charge in [0, 0.05) is 29.1 Å². The number of halogens is 1. The van der Waals surface area contributed by atoms with E-state index in [4.69, 9.17) is 40.4 Å². The molecule has 3 aromatic carbocycles. The number of hydrogen-bond donors (Lipinski definition) is 1. The van der Waals surface area contributed by atoms with Crippen LogP contribution >= 0.6 is 11.6 Å². The predicted octanol–water partition coefficient (Wildman–Crippen LogP) is 6.30. The molecule has 1 N–H and O–H groups in total. The van der Waals surface area contributed by atoms with Gasteiger partial charge >= 0.3 is 0 Å². The minimum absolute atomic E-state index is 0.274. The SMILES string of the molecule is CCCOCCOCCOCCOCCOc1ccc(NC(=O)c2cn(-c3ccccc3)nc2-c2ccc(Cl)cc2)cc1. The van der Waals surface area contributed by atoms with Crippen LogP contribution in [0.25, 0.3) is 16.9 Å². The van der Waals surface area contributed by atoms with Crippen LogP contribution in [0.3, 0.4) is 0 Å². The van der Waals surface area contributed by atoms with Crippen LogP contribution in [0.1, 0.15) is 23.7 Å². The highest BCUT2D eigenvalue weighted by Crippen LogP contribution is 2.26. The molecule has 10 heteroatoms. The number of carbonyl (C=O) groups excluding carboxylic acids is 1. The van der Waals surface area contributed by atoms with Gasteiger partial charge in [0.25, 0.3) is 5.91 Å². The van der Waals surface area contributed by atoms with E-state index in [-0.39, 0.29) is 5.91 Å². The molecule has 0 aliphatic carbocycles. The molecule has 4 rings (SSSR count). The fraction of sp³-hybridized carbons (Fsp3) is 0.333. The second kappa shape index (κ2) is 18.0. The van der Waals surface area contributed by atoms with Gasteiger partial charge in [-0.1, -0.05) is 48.9 Å². The Morgan fingerprint density at radius 1 is 0.744 bits per heavy atom. The van der Waals surface area contributed by atoms with E-state index in [0.717, 1.165) is 24.3 Å². The van der Waals surface area contributed by atoms with Crippen molar-refractivity contribution in [2.24, 2.45) is 0 Å². The summed E-state index contributed by atoms with van der Waals surface area (Å²) in [7, 11) is 0. The number of carbonyl (C=O) groups is 1. The summed E-state index contributed by atoms with van der Waals surface area (Å²) in [6.07, 6.45) is 2.74. The van der Waals surface area contributed by atoms with Crippen molar-refractivity contribution < 1.29 is 28.5 Å². The maximum Gasteiger partial charge on any atom is 0.259 e. The Balaban J connectivity index is 1.20. The number of ether oxygens (including phenoxy) is 5. The molecule has 1 heterocycles. The first kappa shape index (κ1) is 32.2. The first-order valence-electron chi connectivity index (χ1n) is 14.4. The van der Waals surface area contributed by atoms with E-state index in [0.29, 0.717) is 80.6 Å². The molecule has 0 saturated carbocycles. The third-order valence-electron chi connectivity index (χ3n) is 6.17. The van der Waals surface area contributed by atoms with Crippen molar-refractivity contribution in [2.75, 3.05) is 64.8 Å². The second-order valence-corrected chi connectivity index (χ2v) is 9.89. The zero-order chi connectivity index (χ0) is 30.1. The number of rotatable bonds is 19. The van der Waals surface area contributed by atoms with Gasteiger partial charge in [-0.25, -0.2) is 4.68 Å². The van der Waals surface area contributed by atoms with Gasteiger partial charge in [0.15, 0.2) is 0 Å². The van der Waals surface area contributed by atoms with Crippen molar-refractivity contribution in [3.8, 4) is 22.7 Å². The number of nitrogens with one attached hydrogen (secondary N) is 1.